The molecule has 1 aromatic heterocycles. The quantitative estimate of drug-likeness (QED) is 0.701. The van der Waals surface area contributed by atoms with Crippen LogP contribution < -0.4 is 10.6 Å². The van der Waals surface area contributed by atoms with Crippen LogP contribution in [-0.2, 0) is 0 Å². The second-order valence-corrected chi connectivity index (χ2v) is 5.62. The van der Waals surface area contributed by atoms with Gasteiger partial charge in [-0.05, 0) is 25.5 Å². The first-order chi connectivity index (χ1) is 11.7. The molecular weight excluding hydrogens is 298 g/mol. The van der Waals surface area contributed by atoms with E-state index in [1.54, 1.807) is 0 Å². The Kier molecular flexibility index (Phi) is 5.01. The predicted octanol–water partition coefficient (Wildman–Crippen LogP) is 4.49. The average molecular weight is 319 g/mol. The Morgan fingerprint density at radius 1 is 0.833 bits per heavy atom. The summed E-state index contributed by atoms with van der Waals surface area (Å²) in [6.07, 6.45) is 0.994. The molecule has 0 saturated carbocycles. The molecule has 3 aromatic rings. The van der Waals surface area contributed by atoms with Gasteiger partial charge in [0.2, 0.25) is 11.9 Å². The monoisotopic (exact) mass is 319 g/mol. The Bertz CT molecular complexity index is 774. The maximum atomic E-state index is 4.56. The van der Waals surface area contributed by atoms with Crippen LogP contribution in [0.4, 0.5) is 17.6 Å². The van der Waals surface area contributed by atoms with Crippen molar-refractivity contribution in [3.05, 3.63) is 60.7 Å². The molecule has 1 heterocycles. The topological polar surface area (TPSA) is 62.7 Å². The summed E-state index contributed by atoms with van der Waals surface area (Å²) < 4.78 is 0. The first kappa shape index (κ1) is 15.9. The van der Waals surface area contributed by atoms with Crippen molar-refractivity contribution in [1.82, 2.24) is 15.0 Å². The molecule has 0 spiro atoms. The zero-order valence-electron chi connectivity index (χ0n) is 13.9. The number of aromatic nitrogens is 3. The van der Waals surface area contributed by atoms with Gasteiger partial charge >= 0.3 is 0 Å². The molecular formula is C19H21N5. The van der Waals surface area contributed by atoms with Crippen LogP contribution in [0.2, 0.25) is 0 Å². The van der Waals surface area contributed by atoms with Gasteiger partial charge in [-0.15, -0.1) is 0 Å². The Hall–Kier alpha value is -2.95. The predicted molar refractivity (Wildman–Crippen MR) is 98.4 cm³/mol. The van der Waals surface area contributed by atoms with Crippen LogP contribution in [-0.4, -0.2) is 21.0 Å². The first-order valence-corrected chi connectivity index (χ1v) is 8.14. The largest absolute Gasteiger partial charge is 0.352 e. The molecule has 0 aliphatic carbocycles. The minimum absolute atomic E-state index is 0.292. The molecule has 5 heteroatoms. The van der Waals surface area contributed by atoms with Crippen LogP contribution in [0.5, 0.6) is 0 Å². The van der Waals surface area contributed by atoms with Gasteiger partial charge in [0, 0.05) is 17.3 Å². The number of benzene rings is 2. The smallest absolute Gasteiger partial charge is 0.232 e. The summed E-state index contributed by atoms with van der Waals surface area (Å²) in [7, 11) is 0. The van der Waals surface area contributed by atoms with E-state index in [2.05, 4.69) is 39.4 Å². The van der Waals surface area contributed by atoms with Crippen LogP contribution in [0.1, 0.15) is 20.3 Å². The number of para-hydroxylation sites is 1. The first-order valence-electron chi connectivity index (χ1n) is 8.14. The third-order valence-corrected chi connectivity index (χ3v) is 3.69. The van der Waals surface area contributed by atoms with Crippen molar-refractivity contribution in [2.24, 2.45) is 0 Å². The summed E-state index contributed by atoms with van der Waals surface area (Å²) in [5.41, 5.74) is 1.90. The van der Waals surface area contributed by atoms with Gasteiger partial charge in [-0.3, -0.25) is 0 Å². The second-order valence-electron chi connectivity index (χ2n) is 5.62. The van der Waals surface area contributed by atoms with Gasteiger partial charge in [-0.2, -0.15) is 15.0 Å². The Morgan fingerprint density at radius 2 is 1.46 bits per heavy atom. The number of hydrogen-bond acceptors (Lipinski definition) is 5. The highest BCUT2D eigenvalue weighted by atomic mass is 15.2. The molecule has 2 N–H and O–H groups in total. The molecule has 0 aliphatic rings. The van der Waals surface area contributed by atoms with E-state index in [-0.39, 0.29) is 0 Å². The van der Waals surface area contributed by atoms with E-state index in [1.807, 2.05) is 60.7 Å². The summed E-state index contributed by atoms with van der Waals surface area (Å²) >= 11 is 0. The van der Waals surface area contributed by atoms with Gasteiger partial charge in [0.05, 0.1) is 0 Å². The Balaban J connectivity index is 1.96. The van der Waals surface area contributed by atoms with Crippen molar-refractivity contribution in [2.45, 2.75) is 26.3 Å². The lowest BCUT2D eigenvalue weighted by Gasteiger charge is -2.13. The molecule has 3 rings (SSSR count). The fraction of sp³-hybridized carbons (Fsp3) is 0.211. The molecule has 1 unspecified atom stereocenters. The summed E-state index contributed by atoms with van der Waals surface area (Å²) in [4.78, 5) is 13.6. The third-order valence-electron chi connectivity index (χ3n) is 3.69. The normalized spacial score (nSPS) is 11.8. The van der Waals surface area contributed by atoms with Crippen LogP contribution >= 0.6 is 0 Å². The van der Waals surface area contributed by atoms with Gasteiger partial charge in [0.15, 0.2) is 5.82 Å². The van der Waals surface area contributed by atoms with Gasteiger partial charge in [-0.1, -0.05) is 55.5 Å². The van der Waals surface area contributed by atoms with E-state index >= 15 is 0 Å². The standard InChI is InChI=1S/C19H21N5/c1-3-14(2)20-18-22-17(15-10-6-4-7-11-15)23-19(24-18)21-16-12-8-5-9-13-16/h4-14H,3H2,1-2H3,(H2,20,21,22,23,24). The number of anilines is 3. The number of nitrogens with zero attached hydrogens (tertiary/aromatic N) is 3. The minimum atomic E-state index is 0.292. The van der Waals surface area contributed by atoms with Crippen LogP contribution in [0.3, 0.4) is 0 Å². The fourth-order valence-corrected chi connectivity index (χ4v) is 2.19. The molecule has 0 radical (unpaired) electrons. The van der Waals surface area contributed by atoms with E-state index in [4.69, 9.17) is 0 Å². The van der Waals surface area contributed by atoms with E-state index in [0.717, 1.165) is 17.7 Å². The number of rotatable bonds is 6. The summed E-state index contributed by atoms with van der Waals surface area (Å²) in [6.45, 7) is 4.23. The van der Waals surface area contributed by atoms with Gasteiger partial charge in [-0.25, -0.2) is 0 Å². The molecule has 1 atom stereocenters. The minimum Gasteiger partial charge on any atom is -0.352 e. The highest BCUT2D eigenvalue weighted by Gasteiger charge is 2.10. The summed E-state index contributed by atoms with van der Waals surface area (Å²) in [5.74, 6) is 1.76. The highest BCUT2D eigenvalue weighted by molar-refractivity contribution is 5.60. The van der Waals surface area contributed by atoms with Gasteiger partial charge in [0.25, 0.3) is 0 Å². The van der Waals surface area contributed by atoms with Crippen molar-refractivity contribution < 1.29 is 0 Å². The van der Waals surface area contributed by atoms with Crippen molar-refractivity contribution in [2.75, 3.05) is 10.6 Å². The summed E-state index contributed by atoms with van der Waals surface area (Å²) in [6, 6.07) is 20.1. The third kappa shape index (κ3) is 4.07. The molecule has 0 bridgehead atoms. The Labute approximate surface area is 142 Å². The zero-order valence-corrected chi connectivity index (χ0v) is 13.9. The average Bonchev–Trinajstić information content (AvgIpc) is 2.63. The lowest BCUT2D eigenvalue weighted by molar-refractivity contribution is 0.751. The molecule has 0 amide bonds. The SMILES string of the molecule is CCC(C)Nc1nc(Nc2ccccc2)nc(-c2ccccc2)n1. The van der Waals surface area contributed by atoms with Gasteiger partial charge < -0.3 is 10.6 Å². The molecule has 2 aromatic carbocycles. The van der Waals surface area contributed by atoms with E-state index < -0.39 is 0 Å². The van der Waals surface area contributed by atoms with Crippen LogP contribution in [0.25, 0.3) is 11.4 Å². The Morgan fingerprint density at radius 3 is 2.12 bits per heavy atom. The zero-order chi connectivity index (χ0) is 16.8. The molecule has 24 heavy (non-hydrogen) atoms. The van der Waals surface area contributed by atoms with E-state index in [1.165, 1.54) is 0 Å². The van der Waals surface area contributed by atoms with Crippen molar-refractivity contribution in [1.29, 1.82) is 0 Å². The lowest BCUT2D eigenvalue weighted by Crippen LogP contribution is -2.17. The van der Waals surface area contributed by atoms with Crippen molar-refractivity contribution in [3.8, 4) is 11.4 Å². The molecule has 0 saturated heterocycles. The number of hydrogen-bond donors (Lipinski definition) is 2. The van der Waals surface area contributed by atoms with Crippen molar-refractivity contribution >= 4 is 17.6 Å². The summed E-state index contributed by atoms with van der Waals surface area (Å²) in [5, 5.41) is 6.57. The lowest BCUT2D eigenvalue weighted by atomic mass is 10.2. The number of nitrogens with one attached hydrogen (secondary N) is 2. The maximum Gasteiger partial charge on any atom is 0.232 e. The van der Waals surface area contributed by atoms with Crippen LogP contribution in [0, 0.1) is 0 Å². The second kappa shape index (κ2) is 7.55. The molecule has 0 fully saturated rings. The maximum absolute atomic E-state index is 4.56. The fourth-order valence-electron chi connectivity index (χ4n) is 2.19. The van der Waals surface area contributed by atoms with Crippen LogP contribution in [0.15, 0.2) is 60.7 Å². The van der Waals surface area contributed by atoms with E-state index in [0.29, 0.717) is 23.8 Å². The van der Waals surface area contributed by atoms with Gasteiger partial charge in [0.1, 0.15) is 0 Å². The van der Waals surface area contributed by atoms with Crippen molar-refractivity contribution in [3.63, 3.8) is 0 Å². The van der Waals surface area contributed by atoms with E-state index in [9.17, 15) is 0 Å². The molecule has 122 valence electrons. The molecule has 5 nitrogen and oxygen atoms in total. The molecule has 0 aliphatic heterocycles. The highest BCUT2D eigenvalue weighted by Crippen LogP contribution is 2.20.